The molecule has 1 aliphatic heterocycles. The number of anilines is 1. The summed E-state index contributed by atoms with van der Waals surface area (Å²) in [7, 11) is 0. The summed E-state index contributed by atoms with van der Waals surface area (Å²) in [4.78, 5) is 16.1. The Morgan fingerprint density at radius 1 is 1.00 bits per heavy atom. The Balaban J connectivity index is 1.63. The molecule has 1 heterocycles. The second-order valence-corrected chi connectivity index (χ2v) is 6.48. The Morgan fingerprint density at radius 3 is 2.21 bits per heavy atom. The normalized spacial score (nSPS) is 16.8. The monoisotopic (exact) mass is 344 g/mol. The fourth-order valence-electron chi connectivity index (χ4n) is 3.15. The van der Waals surface area contributed by atoms with Gasteiger partial charge < -0.3 is 10.0 Å². The van der Waals surface area contributed by atoms with Crippen molar-refractivity contribution in [3.05, 3.63) is 65.2 Å². The van der Waals surface area contributed by atoms with E-state index in [-0.39, 0.29) is 0 Å². The summed E-state index contributed by atoms with van der Waals surface area (Å²) >= 11 is 5.90. The Hall–Kier alpha value is -2.04. The first kappa shape index (κ1) is 16.8. The second-order valence-electron chi connectivity index (χ2n) is 6.04. The number of para-hydroxylation sites is 1. The van der Waals surface area contributed by atoms with E-state index in [0.717, 1.165) is 31.7 Å². The fourth-order valence-corrected chi connectivity index (χ4v) is 3.27. The smallest absolute Gasteiger partial charge is 0.321 e. The van der Waals surface area contributed by atoms with Gasteiger partial charge in [0, 0.05) is 36.9 Å². The number of halogens is 1. The molecule has 4 nitrogen and oxygen atoms in total. The molecule has 0 radical (unpaired) electrons. The number of piperazine rings is 1. The number of benzene rings is 2. The lowest BCUT2D eigenvalue weighted by atomic mass is 10.0. The van der Waals surface area contributed by atoms with Gasteiger partial charge in [0.1, 0.15) is 6.04 Å². The molecule has 126 valence electrons. The summed E-state index contributed by atoms with van der Waals surface area (Å²) in [6, 6.07) is 17.2. The Kier molecular flexibility index (Phi) is 5.38. The highest BCUT2D eigenvalue weighted by Crippen LogP contribution is 2.19. The predicted molar refractivity (Wildman–Crippen MR) is 96.8 cm³/mol. The lowest BCUT2D eigenvalue weighted by Crippen LogP contribution is -2.53. The minimum Gasteiger partial charge on any atom is -0.480 e. The van der Waals surface area contributed by atoms with Crippen LogP contribution in [0.25, 0.3) is 0 Å². The van der Waals surface area contributed by atoms with Crippen molar-refractivity contribution in [1.29, 1.82) is 0 Å². The maximum atomic E-state index is 11.7. The van der Waals surface area contributed by atoms with Crippen LogP contribution in [-0.2, 0) is 11.2 Å². The van der Waals surface area contributed by atoms with Crippen LogP contribution < -0.4 is 4.90 Å². The van der Waals surface area contributed by atoms with Gasteiger partial charge in [-0.1, -0.05) is 41.9 Å². The predicted octanol–water partition coefficient (Wildman–Crippen LogP) is 3.16. The topological polar surface area (TPSA) is 43.8 Å². The van der Waals surface area contributed by atoms with Crippen molar-refractivity contribution in [3.63, 3.8) is 0 Å². The minimum atomic E-state index is -0.766. The van der Waals surface area contributed by atoms with E-state index in [0.29, 0.717) is 11.4 Å². The summed E-state index contributed by atoms with van der Waals surface area (Å²) in [5, 5.41) is 10.3. The first-order chi connectivity index (χ1) is 11.6. The van der Waals surface area contributed by atoms with Gasteiger partial charge in [0.15, 0.2) is 0 Å². The van der Waals surface area contributed by atoms with Crippen LogP contribution in [0.15, 0.2) is 54.6 Å². The number of carbonyl (C=O) groups is 1. The standard InChI is InChI=1S/C19H21ClN2O2/c20-16-8-6-15(7-9-16)14-18(19(23)24)22-12-10-21(11-13-22)17-4-2-1-3-5-17/h1-9,18H,10-14H2,(H,23,24)/t18-/m1/s1. The van der Waals surface area contributed by atoms with Crippen LogP contribution >= 0.6 is 11.6 Å². The summed E-state index contributed by atoms with van der Waals surface area (Å²) in [5.41, 5.74) is 2.19. The van der Waals surface area contributed by atoms with Gasteiger partial charge in [0.05, 0.1) is 0 Å². The van der Waals surface area contributed by atoms with Crippen LogP contribution in [0.2, 0.25) is 5.02 Å². The average Bonchev–Trinajstić information content (AvgIpc) is 2.62. The molecule has 0 saturated carbocycles. The van der Waals surface area contributed by atoms with Gasteiger partial charge in [0.25, 0.3) is 0 Å². The molecule has 0 amide bonds. The van der Waals surface area contributed by atoms with Crippen LogP contribution in [0.4, 0.5) is 5.69 Å². The zero-order valence-corrected chi connectivity index (χ0v) is 14.2. The van der Waals surface area contributed by atoms with Gasteiger partial charge >= 0.3 is 5.97 Å². The molecule has 1 N–H and O–H groups in total. The minimum absolute atomic E-state index is 0.496. The number of rotatable bonds is 5. The number of hydrogen-bond donors (Lipinski definition) is 1. The fraction of sp³-hybridized carbons (Fsp3) is 0.316. The van der Waals surface area contributed by atoms with Crippen LogP contribution in [-0.4, -0.2) is 48.2 Å². The number of nitrogens with zero attached hydrogens (tertiary/aromatic N) is 2. The van der Waals surface area contributed by atoms with E-state index in [1.807, 2.05) is 42.5 Å². The molecule has 3 rings (SSSR count). The van der Waals surface area contributed by atoms with Crippen LogP contribution in [0.3, 0.4) is 0 Å². The highest BCUT2D eigenvalue weighted by atomic mass is 35.5. The number of hydrogen-bond acceptors (Lipinski definition) is 3. The lowest BCUT2D eigenvalue weighted by molar-refractivity contribution is -0.143. The molecule has 1 fully saturated rings. The summed E-state index contributed by atoms with van der Waals surface area (Å²) < 4.78 is 0. The van der Waals surface area contributed by atoms with Crippen molar-refractivity contribution in [2.75, 3.05) is 31.1 Å². The third-order valence-corrected chi connectivity index (χ3v) is 4.76. The first-order valence-electron chi connectivity index (χ1n) is 8.15. The summed E-state index contributed by atoms with van der Waals surface area (Å²) in [6.45, 7) is 3.18. The average molecular weight is 345 g/mol. The quantitative estimate of drug-likeness (QED) is 0.905. The van der Waals surface area contributed by atoms with E-state index in [9.17, 15) is 9.90 Å². The van der Waals surface area contributed by atoms with Crippen molar-refractivity contribution in [3.8, 4) is 0 Å². The van der Waals surface area contributed by atoms with E-state index in [4.69, 9.17) is 11.6 Å². The SMILES string of the molecule is O=C(O)[C@@H](Cc1ccc(Cl)cc1)N1CCN(c2ccccc2)CC1. The molecule has 0 unspecified atom stereocenters. The third kappa shape index (κ3) is 4.08. The highest BCUT2D eigenvalue weighted by Gasteiger charge is 2.29. The van der Waals surface area contributed by atoms with E-state index >= 15 is 0 Å². The zero-order chi connectivity index (χ0) is 16.9. The number of carboxylic acid groups (broad SMARTS) is 1. The largest absolute Gasteiger partial charge is 0.480 e. The van der Waals surface area contributed by atoms with Crippen LogP contribution in [0, 0.1) is 0 Å². The number of carboxylic acids is 1. The van der Waals surface area contributed by atoms with Gasteiger partial charge in [-0.2, -0.15) is 0 Å². The van der Waals surface area contributed by atoms with Crippen molar-refractivity contribution < 1.29 is 9.90 Å². The van der Waals surface area contributed by atoms with Gasteiger partial charge in [-0.3, -0.25) is 9.69 Å². The van der Waals surface area contributed by atoms with Crippen molar-refractivity contribution in [1.82, 2.24) is 4.90 Å². The third-order valence-electron chi connectivity index (χ3n) is 4.50. The highest BCUT2D eigenvalue weighted by molar-refractivity contribution is 6.30. The van der Waals surface area contributed by atoms with Gasteiger partial charge in [-0.25, -0.2) is 0 Å². The van der Waals surface area contributed by atoms with Crippen LogP contribution in [0.5, 0.6) is 0 Å². The van der Waals surface area contributed by atoms with Crippen molar-refractivity contribution >= 4 is 23.3 Å². The molecular formula is C19H21ClN2O2. The van der Waals surface area contributed by atoms with Gasteiger partial charge in [-0.05, 0) is 36.2 Å². The van der Waals surface area contributed by atoms with E-state index in [1.54, 1.807) is 0 Å². The molecular weight excluding hydrogens is 324 g/mol. The summed E-state index contributed by atoms with van der Waals surface area (Å²) in [5.74, 6) is -0.766. The molecule has 1 atom stereocenters. The zero-order valence-electron chi connectivity index (χ0n) is 13.4. The van der Waals surface area contributed by atoms with Crippen molar-refractivity contribution in [2.24, 2.45) is 0 Å². The van der Waals surface area contributed by atoms with E-state index in [1.165, 1.54) is 5.69 Å². The Morgan fingerprint density at radius 2 is 1.62 bits per heavy atom. The second kappa shape index (κ2) is 7.69. The molecule has 0 bridgehead atoms. The van der Waals surface area contributed by atoms with E-state index < -0.39 is 12.0 Å². The molecule has 0 aromatic heterocycles. The molecule has 2 aromatic carbocycles. The molecule has 24 heavy (non-hydrogen) atoms. The maximum absolute atomic E-state index is 11.7. The molecule has 2 aromatic rings. The molecule has 5 heteroatoms. The molecule has 1 saturated heterocycles. The van der Waals surface area contributed by atoms with E-state index in [2.05, 4.69) is 21.9 Å². The summed E-state index contributed by atoms with van der Waals surface area (Å²) in [6.07, 6.45) is 0.498. The van der Waals surface area contributed by atoms with Gasteiger partial charge in [-0.15, -0.1) is 0 Å². The first-order valence-corrected chi connectivity index (χ1v) is 8.52. The maximum Gasteiger partial charge on any atom is 0.321 e. The number of aliphatic carboxylic acids is 1. The Labute approximate surface area is 147 Å². The molecule has 0 aliphatic carbocycles. The van der Waals surface area contributed by atoms with Crippen molar-refractivity contribution in [2.45, 2.75) is 12.5 Å². The van der Waals surface area contributed by atoms with Gasteiger partial charge in [0.2, 0.25) is 0 Å². The molecule has 0 spiro atoms. The molecule has 1 aliphatic rings. The van der Waals surface area contributed by atoms with Crippen LogP contribution in [0.1, 0.15) is 5.56 Å². The Bertz CT molecular complexity index is 668. The lowest BCUT2D eigenvalue weighted by Gasteiger charge is -2.38.